The van der Waals surface area contributed by atoms with Crippen LogP contribution in [0.1, 0.15) is 32.9 Å². The highest BCUT2D eigenvalue weighted by molar-refractivity contribution is 7.77. The molecular formula is C21H22N3O3S2-. The minimum atomic E-state index is -2.66. The maximum absolute atomic E-state index is 12.1. The van der Waals surface area contributed by atoms with Gasteiger partial charge in [0, 0.05) is 29.2 Å². The van der Waals surface area contributed by atoms with Gasteiger partial charge in [-0.25, -0.2) is 4.98 Å². The Morgan fingerprint density at radius 2 is 1.72 bits per heavy atom. The number of amides is 1. The highest BCUT2D eigenvalue weighted by atomic mass is 32.2. The van der Waals surface area contributed by atoms with Crippen LogP contribution in [-0.4, -0.2) is 26.2 Å². The standard InChI is InChI=1S/C21H23N3O3S2/c1-16-19(20(25)23-29(26)27)22-21(28-16)24(15-18-11-6-3-7-12-18)14-8-13-17-9-4-2-5-10-17/h2-7,9-12H,8,13-15H2,1H3,(H,23,25)(H,26,27)/p-1. The van der Waals surface area contributed by atoms with Crippen molar-refractivity contribution in [2.45, 2.75) is 26.3 Å². The van der Waals surface area contributed by atoms with Gasteiger partial charge in [0.05, 0.1) is 0 Å². The SMILES string of the molecule is Cc1sc(N(CCCc2ccccc2)Cc2ccccc2)nc1C(=O)NS(=O)[O-]. The fourth-order valence-corrected chi connectivity index (χ4v) is 4.20. The van der Waals surface area contributed by atoms with Gasteiger partial charge in [-0.15, -0.1) is 11.3 Å². The molecule has 0 saturated heterocycles. The number of nitrogens with zero attached hydrogens (tertiary/aromatic N) is 2. The summed E-state index contributed by atoms with van der Waals surface area (Å²) in [6, 6.07) is 20.4. The summed E-state index contributed by atoms with van der Waals surface area (Å²) in [4.78, 5) is 19.4. The van der Waals surface area contributed by atoms with Gasteiger partial charge in [-0.2, -0.15) is 0 Å². The monoisotopic (exact) mass is 428 g/mol. The van der Waals surface area contributed by atoms with Crippen molar-refractivity contribution in [2.75, 3.05) is 11.4 Å². The van der Waals surface area contributed by atoms with Crippen molar-refractivity contribution in [3.63, 3.8) is 0 Å². The van der Waals surface area contributed by atoms with Crippen molar-refractivity contribution in [3.05, 3.63) is 82.4 Å². The van der Waals surface area contributed by atoms with Gasteiger partial charge in [-0.1, -0.05) is 60.7 Å². The van der Waals surface area contributed by atoms with Gasteiger partial charge in [0.15, 0.2) is 5.13 Å². The van der Waals surface area contributed by atoms with Gasteiger partial charge in [0.25, 0.3) is 5.91 Å². The predicted molar refractivity (Wildman–Crippen MR) is 115 cm³/mol. The summed E-state index contributed by atoms with van der Waals surface area (Å²) in [5, 5.41) is 0.709. The van der Waals surface area contributed by atoms with Gasteiger partial charge < -0.3 is 9.45 Å². The zero-order chi connectivity index (χ0) is 20.6. The van der Waals surface area contributed by atoms with Crippen molar-refractivity contribution >= 4 is 33.6 Å². The topological polar surface area (TPSA) is 85.4 Å². The number of aromatic nitrogens is 1. The first-order valence-corrected chi connectivity index (χ1v) is 11.1. The van der Waals surface area contributed by atoms with Crippen LogP contribution in [0.3, 0.4) is 0 Å². The maximum atomic E-state index is 12.1. The third-order valence-corrected chi connectivity index (χ3v) is 5.78. The molecule has 1 atom stereocenters. The van der Waals surface area contributed by atoms with Crippen LogP contribution < -0.4 is 9.62 Å². The predicted octanol–water partition coefficient (Wildman–Crippen LogP) is 3.61. The van der Waals surface area contributed by atoms with Gasteiger partial charge in [-0.05, 0) is 30.9 Å². The van der Waals surface area contributed by atoms with Crippen LogP contribution in [0.2, 0.25) is 0 Å². The molecule has 3 rings (SSSR count). The molecule has 8 heteroatoms. The molecule has 1 aromatic heterocycles. The van der Waals surface area contributed by atoms with Crippen LogP contribution in [-0.2, 0) is 24.2 Å². The summed E-state index contributed by atoms with van der Waals surface area (Å²) < 4.78 is 23.4. The van der Waals surface area contributed by atoms with Gasteiger partial charge in [0.1, 0.15) is 5.69 Å². The third-order valence-electron chi connectivity index (χ3n) is 4.40. The summed E-state index contributed by atoms with van der Waals surface area (Å²) in [7, 11) is 0. The lowest BCUT2D eigenvalue weighted by Gasteiger charge is -2.22. The second kappa shape index (κ2) is 10.3. The van der Waals surface area contributed by atoms with Crippen molar-refractivity contribution in [2.24, 2.45) is 0 Å². The maximum Gasteiger partial charge on any atom is 0.281 e. The Balaban J connectivity index is 1.77. The lowest BCUT2D eigenvalue weighted by Crippen LogP contribution is -2.27. The largest absolute Gasteiger partial charge is 0.755 e. The number of anilines is 1. The smallest absolute Gasteiger partial charge is 0.281 e. The summed E-state index contributed by atoms with van der Waals surface area (Å²) in [6.45, 7) is 3.21. The first kappa shape index (κ1) is 21.2. The first-order valence-electron chi connectivity index (χ1n) is 9.23. The lowest BCUT2D eigenvalue weighted by molar-refractivity contribution is 0.0976. The van der Waals surface area contributed by atoms with Crippen LogP contribution in [0.25, 0.3) is 0 Å². The number of hydrogen-bond donors (Lipinski definition) is 1. The van der Waals surface area contributed by atoms with E-state index in [0.717, 1.165) is 24.9 Å². The molecule has 0 fully saturated rings. The molecule has 0 saturated carbocycles. The normalized spacial score (nSPS) is 11.8. The van der Waals surface area contributed by atoms with E-state index in [-0.39, 0.29) is 5.69 Å². The molecule has 29 heavy (non-hydrogen) atoms. The Hall–Kier alpha value is -2.55. The number of carbonyl (C=O) groups is 1. The van der Waals surface area contributed by atoms with Crippen LogP contribution in [0.4, 0.5) is 5.13 Å². The minimum Gasteiger partial charge on any atom is -0.755 e. The number of nitrogens with one attached hydrogen (secondary N) is 1. The second-order valence-corrected chi connectivity index (χ2v) is 8.42. The van der Waals surface area contributed by atoms with E-state index in [0.29, 0.717) is 16.6 Å². The van der Waals surface area contributed by atoms with Crippen LogP contribution in [0.5, 0.6) is 0 Å². The molecule has 0 spiro atoms. The molecule has 1 heterocycles. The fourth-order valence-electron chi connectivity index (χ4n) is 3.02. The van der Waals surface area contributed by atoms with E-state index in [1.54, 1.807) is 6.92 Å². The second-order valence-electron chi connectivity index (χ2n) is 6.56. The number of hydrogen-bond acceptors (Lipinski definition) is 6. The van der Waals surface area contributed by atoms with E-state index in [2.05, 4.69) is 34.1 Å². The highest BCUT2D eigenvalue weighted by Crippen LogP contribution is 2.27. The van der Waals surface area contributed by atoms with Crippen LogP contribution in [0.15, 0.2) is 60.7 Å². The summed E-state index contributed by atoms with van der Waals surface area (Å²) >= 11 is -1.27. The zero-order valence-electron chi connectivity index (χ0n) is 16.0. The van der Waals surface area contributed by atoms with Gasteiger partial charge in [-0.3, -0.25) is 13.7 Å². The van der Waals surface area contributed by atoms with Crippen molar-refractivity contribution in [1.82, 2.24) is 9.71 Å². The Kier molecular flexibility index (Phi) is 7.51. The highest BCUT2D eigenvalue weighted by Gasteiger charge is 2.19. The Labute approximate surface area is 177 Å². The molecule has 1 N–H and O–H groups in total. The molecule has 152 valence electrons. The van der Waals surface area contributed by atoms with Crippen molar-refractivity contribution in [3.8, 4) is 0 Å². The molecule has 0 aliphatic carbocycles. The van der Waals surface area contributed by atoms with Gasteiger partial charge >= 0.3 is 0 Å². The molecule has 0 radical (unpaired) electrons. The molecule has 0 bridgehead atoms. The zero-order valence-corrected chi connectivity index (χ0v) is 17.7. The van der Waals surface area contributed by atoms with Crippen LogP contribution >= 0.6 is 11.3 Å². The molecule has 1 unspecified atom stereocenters. The number of rotatable bonds is 9. The third kappa shape index (κ3) is 6.22. The van der Waals surface area contributed by atoms with E-state index in [9.17, 15) is 13.6 Å². The average molecular weight is 429 g/mol. The Morgan fingerprint density at radius 1 is 1.10 bits per heavy atom. The van der Waals surface area contributed by atoms with E-state index in [1.165, 1.54) is 16.9 Å². The quantitative estimate of drug-likeness (QED) is 0.526. The summed E-state index contributed by atoms with van der Waals surface area (Å²) in [5.74, 6) is -0.706. The fraction of sp³-hybridized carbons (Fsp3) is 0.238. The number of benzene rings is 2. The van der Waals surface area contributed by atoms with E-state index >= 15 is 0 Å². The number of carbonyl (C=O) groups excluding carboxylic acids is 1. The molecule has 1 amide bonds. The molecule has 3 aromatic rings. The Bertz CT molecular complexity index is 962. The van der Waals surface area contributed by atoms with Crippen molar-refractivity contribution < 1.29 is 13.6 Å². The molecule has 0 aliphatic rings. The molecule has 2 aromatic carbocycles. The molecular weight excluding hydrogens is 406 g/mol. The van der Waals surface area contributed by atoms with E-state index in [1.807, 2.05) is 41.1 Å². The summed E-state index contributed by atoms with van der Waals surface area (Å²) in [6.07, 6.45) is 1.88. The van der Waals surface area contributed by atoms with Gasteiger partial charge in [0.2, 0.25) is 0 Å². The van der Waals surface area contributed by atoms with Crippen molar-refractivity contribution in [1.29, 1.82) is 0 Å². The molecule has 6 nitrogen and oxygen atoms in total. The lowest BCUT2D eigenvalue weighted by atomic mass is 10.1. The van der Waals surface area contributed by atoms with E-state index in [4.69, 9.17) is 0 Å². The number of thiazole rings is 1. The average Bonchev–Trinajstić information content (AvgIpc) is 3.10. The minimum absolute atomic E-state index is 0.148. The molecule has 0 aliphatic heterocycles. The number of aryl methyl sites for hydroxylation is 2. The Morgan fingerprint density at radius 3 is 2.34 bits per heavy atom. The van der Waals surface area contributed by atoms with E-state index < -0.39 is 17.2 Å². The summed E-state index contributed by atoms with van der Waals surface area (Å²) in [5.41, 5.74) is 2.57. The first-order chi connectivity index (χ1) is 14.0. The van der Waals surface area contributed by atoms with Crippen LogP contribution in [0, 0.1) is 6.92 Å².